The molecule has 1 aromatic carbocycles. The summed E-state index contributed by atoms with van der Waals surface area (Å²) in [4.78, 5) is 6.88. The Kier molecular flexibility index (Phi) is 5.14. The average Bonchev–Trinajstić information content (AvgIpc) is 3.13. The van der Waals surface area contributed by atoms with Crippen LogP contribution in [0.4, 0.5) is 5.13 Å². The van der Waals surface area contributed by atoms with Crippen molar-refractivity contribution < 1.29 is 4.74 Å². The van der Waals surface area contributed by atoms with Crippen LogP contribution in [-0.2, 0) is 0 Å². The number of anilines is 1. The van der Waals surface area contributed by atoms with E-state index >= 15 is 0 Å². The number of aromatic nitrogens is 2. The van der Waals surface area contributed by atoms with Gasteiger partial charge in [0, 0.05) is 28.1 Å². The lowest BCUT2D eigenvalue weighted by atomic mass is 9.98. The predicted octanol–water partition coefficient (Wildman–Crippen LogP) is 4.02. The number of benzene rings is 1. The molecule has 0 amide bonds. The molecule has 0 unspecified atom stereocenters. The summed E-state index contributed by atoms with van der Waals surface area (Å²) >= 11 is 5.03. The molecule has 130 valence electrons. The first kappa shape index (κ1) is 16.8. The van der Waals surface area contributed by atoms with Crippen molar-refractivity contribution in [1.29, 1.82) is 0 Å². The van der Waals surface area contributed by atoms with Crippen LogP contribution in [0.1, 0.15) is 24.6 Å². The first-order valence-corrected chi connectivity index (χ1v) is 9.96. The van der Waals surface area contributed by atoms with E-state index in [4.69, 9.17) is 9.72 Å². The molecule has 1 aromatic heterocycles. The molecule has 2 aromatic rings. The number of hydrogen-bond donors (Lipinski definition) is 1. The number of ether oxygens (including phenoxy) is 1. The highest BCUT2D eigenvalue weighted by molar-refractivity contribution is 9.11. The van der Waals surface area contributed by atoms with Crippen LogP contribution in [0.15, 0.2) is 52.8 Å². The van der Waals surface area contributed by atoms with E-state index in [9.17, 15) is 0 Å². The summed E-state index contributed by atoms with van der Waals surface area (Å²) in [6.07, 6.45) is 6.25. The summed E-state index contributed by atoms with van der Waals surface area (Å²) in [6, 6.07) is 9.83. The average molecular weight is 419 g/mol. The monoisotopic (exact) mass is 418 g/mol. The van der Waals surface area contributed by atoms with Crippen LogP contribution in [-0.4, -0.2) is 29.0 Å². The molecule has 5 nitrogen and oxygen atoms in total. The molecule has 3 heterocycles. The number of halogens is 1. The Labute approximate surface area is 159 Å². The number of nitrogens with one attached hydrogen (secondary N) is 1. The molecule has 1 fully saturated rings. The topological polar surface area (TPSA) is 50.3 Å². The van der Waals surface area contributed by atoms with Crippen molar-refractivity contribution in [3.8, 4) is 5.75 Å². The van der Waals surface area contributed by atoms with Crippen molar-refractivity contribution in [3.63, 3.8) is 0 Å². The van der Waals surface area contributed by atoms with Crippen LogP contribution < -0.4 is 15.0 Å². The molecule has 25 heavy (non-hydrogen) atoms. The van der Waals surface area contributed by atoms with Crippen molar-refractivity contribution in [2.75, 3.05) is 24.5 Å². The second kappa shape index (κ2) is 7.68. The first-order chi connectivity index (χ1) is 12.3. The van der Waals surface area contributed by atoms with Gasteiger partial charge in [0.25, 0.3) is 0 Å². The first-order valence-electron chi connectivity index (χ1n) is 8.40. The summed E-state index contributed by atoms with van der Waals surface area (Å²) in [5.41, 5.74) is 0. The molecule has 1 N–H and O–H groups in total. The molecule has 0 spiro atoms. The van der Waals surface area contributed by atoms with Crippen LogP contribution in [0.25, 0.3) is 0 Å². The number of hydrogen-bond acceptors (Lipinski definition) is 6. The van der Waals surface area contributed by atoms with E-state index in [0.29, 0.717) is 12.5 Å². The molecule has 2 aliphatic rings. The molecule has 0 atom stereocenters. The smallest absolute Gasteiger partial charge is 0.209 e. The Bertz CT molecular complexity index is 783. The van der Waals surface area contributed by atoms with Gasteiger partial charge in [-0.25, -0.2) is 4.98 Å². The highest BCUT2D eigenvalue weighted by Gasteiger charge is 2.23. The lowest BCUT2D eigenvalue weighted by molar-refractivity contribution is 0.414. The van der Waals surface area contributed by atoms with E-state index in [0.717, 1.165) is 52.9 Å². The number of nitrogens with zero attached hydrogens (tertiary/aromatic N) is 3. The summed E-state index contributed by atoms with van der Waals surface area (Å²) < 4.78 is 11.6. The molecule has 1 saturated heterocycles. The quantitative estimate of drug-likeness (QED) is 0.811. The third-order valence-corrected chi connectivity index (χ3v) is 5.48. The molecule has 0 aliphatic carbocycles. The fraction of sp³-hybridized carbons (Fsp3) is 0.333. The minimum Gasteiger partial charge on any atom is -0.460 e. The maximum atomic E-state index is 6.00. The normalized spacial score (nSPS) is 18.7. The number of para-hydroxylation sites is 1. The number of rotatable bonds is 4. The minimum atomic E-state index is 0.471. The van der Waals surface area contributed by atoms with Gasteiger partial charge in [-0.1, -0.05) is 18.2 Å². The van der Waals surface area contributed by atoms with E-state index in [1.165, 1.54) is 11.5 Å². The zero-order valence-electron chi connectivity index (χ0n) is 13.7. The van der Waals surface area contributed by atoms with Crippen molar-refractivity contribution >= 4 is 32.6 Å². The van der Waals surface area contributed by atoms with Crippen LogP contribution in [0.5, 0.6) is 5.75 Å². The number of allylic oxidation sites excluding steroid dienone is 2. The van der Waals surface area contributed by atoms with Gasteiger partial charge in [0.2, 0.25) is 5.13 Å². The lowest BCUT2D eigenvalue weighted by Gasteiger charge is -2.23. The van der Waals surface area contributed by atoms with Crippen LogP contribution in [0.3, 0.4) is 0 Å². The van der Waals surface area contributed by atoms with E-state index in [-0.39, 0.29) is 0 Å². The Hall–Kier alpha value is -1.70. The maximum absolute atomic E-state index is 6.00. The third kappa shape index (κ3) is 4.11. The Morgan fingerprint density at radius 1 is 1.20 bits per heavy atom. The molecular formula is C18H19BrN4OS. The van der Waals surface area contributed by atoms with Crippen LogP contribution in [0, 0.1) is 0 Å². The van der Waals surface area contributed by atoms with Crippen LogP contribution in [0.2, 0.25) is 0 Å². The highest BCUT2D eigenvalue weighted by atomic mass is 79.9. The van der Waals surface area contributed by atoms with Crippen molar-refractivity contribution in [3.05, 3.63) is 58.7 Å². The predicted molar refractivity (Wildman–Crippen MR) is 104 cm³/mol. The van der Waals surface area contributed by atoms with Gasteiger partial charge in [-0.2, -0.15) is 4.37 Å². The van der Waals surface area contributed by atoms with E-state index in [1.54, 1.807) is 0 Å². The SMILES string of the molecule is BrC1=CN(c2nc(C3CCNCC3)ns2)CC(Oc2ccccc2)=C1. The van der Waals surface area contributed by atoms with Crippen molar-refractivity contribution in [2.45, 2.75) is 18.8 Å². The standard InChI is InChI=1S/C18H19BrN4OS/c19-14-10-16(24-15-4-2-1-3-5-15)12-23(11-14)18-21-17(22-25-18)13-6-8-20-9-7-13/h1-5,10-11,13,20H,6-9,12H2. The molecule has 0 bridgehead atoms. The van der Waals surface area contributed by atoms with Gasteiger partial charge in [0.1, 0.15) is 17.3 Å². The Morgan fingerprint density at radius 3 is 2.80 bits per heavy atom. The summed E-state index contributed by atoms with van der Waals surface area (Å²) in [7, 11) is 0. The minimum absolute atomic E-state index is 0.471. The zero-order chi connectivity index (χ0) is 17.1. The third-order valence-electron chi connectivity index (χ3n) is 4.28. The van der Waals surface area contributed by atoms with E-state index < -0.39 is 0 Å². The number of piperidine rings is 1. The van der Waals surface area contributed by atoms with Gasteiger partial charge in [-0.15, -0.1) is 0 Å². The van der Waals surface area contributed by atoms with Gasteiger partial charge < -0.3 is 15.0 Å². The molecule has 0 radical (unpaired) electrons. The molecular weight excluding hydrogens is 400 g/mol. The maximum Gasteiger partial charge on any atom is 0.209 e. The van der Waals surface area contributed by atoms with Gasteiger partial charge in [-0.05, 0) is 60.1 Å². The molecule has 2 aliphatic heterocycles. The Morgan fingerprint density at radius 2 is 2.00 bits per heavy atom. The summed E-state index contributed by atoms with van der Waals surface area (Å²) in [6.45, 7) is 2.74. The molecule has 4 rings (SSSR count). The van der Waals surface area contributed by atoms with Gasteiger partial charge >= 0.3 is 0 Å². The van der Waals surface area contributed by atoms with E-state index in [1.807, 2.05) is 42.6 Å². The summed E-state index contributed by atoms with van der Waals surface area (Å²) in [5, 5.41) is 4.30. The van der Waals surface area contributed by atoms with Crippen molar-refractivity contribution in [2.24, 2.45) is 0 Å². The zero-order valence-corrected chi connectivity index (χ0v) is 16.1. The Balaban J connectivity index is 1.48. The fourth-order valence-corrected chi connectivity index (χ4v) is 4.24. The van der Waals surface area contributed by atoms with Crippen molar-refractivity contribution in [1.82, 2.24) is 14.7 Å². The van der Waals surface area contributed by atoms with Gasteiger partial charge in [0.15, 0.2) is 0 Å². The van der Waals surface area contributed by atoms with Gasteiger partial charge in [0.05, 0.1) is 6.54 Å². The fourth-order valence-electron chi connectivity index (χ4n) is 3.01. The lowest BCUT2D eigenvalue weighted by Crippen LogP contribution is -2.27. The van der Waals surface area contributed by atoms with E-state index in [2.05, 4.69) is 30.5 Å². The second-order valence-corrected chi connectivity index (χ2v) is 7.77. The largest absolute Gasteiger partial charge is 0.460 e. The van der Waals surface area contributed by atoms with Gasteiger partial charge in [-0.3, -0.25) is 0 Å². The molecule has 0 saturated carbocycles. The van der Waals surface area contributed by atoms with Crippen LogP contribution >= 0.6 is 27.5 Å². The summed E-state index contributed by atoms with van der Waals surface area (Å²) in [5.74, 6) is 3.16. The second-order valence-electron chi connectivity index (χ2n) is 6.13. The highest BCUT2D eigenvalue weighted by Crippen LogP contribution is 2.30. The molecule has 7 heteroatoms.